The topological polar surface area (TPSA) is 44.0 Å². The van der Waals surface area contributed by atoms with Gasteiger partial charge in [0, 0.05) is 64.5 Å². The molecular weight excluding hydrogens is 264 g/mol. The summed E-state index contributed by atoms with van der Waals surface area (Å²) < 4.78 is 10.1. The van der Waals surface area contributed by atoms with Gasteiger partial charge in [-0.25, -0.2) is 4.98 Å². The van der Waals surface area contributed by atoms with Crippen molar-refractivity contribution in [2.45, 2.75) is 25.5 Å². The molecule has 1 aliphatic rings. The molecule has 5 heteroatoms. The molecule has 1 N–H and O–H groups in total. The number of hydrogen-bond acceptors (Lipinski definition) is 3. The van der Waals surface area contributed by atoms with E-state index in [-0.39, 0.29) is 6.10 Å². The predicted molar refractivity (Wildman–Crippen MR) is 81.7 cm³/mol. The molecule has 0 saturated carbocycles. The Hall–Kier alpha value is -1.59. The summed E-state index contributed by atoms with van der Waals surface area (Å²) in [6.45, 7) is 2.71. The van der Waals surface area contributed by atoms with Gasteiger partial charge in [0.25, 0.3) is 0 Å². The highest BCUT2D eigenvalue weighted by Gasteiger charge is 2.29. The van der Waals surface area contributed by atoms with Crippen molar-refractivity contribution in [3.63, 3.8) is 0 Å². The van der Waals surface area contributed by atoms with Crippen LogP contribution in [0.2, 0.25) is 0 Å². The molecular formula is C16H24N4O. The number of nitrogens with zero attached hydrogens (tertiary/aromatic N) is 3. The standard InChI is InChI=1S/C16H24N4O/c1-19-7-5-13(12-19)10-17-11-14-4-3-9-21-15(14)16-18-6-8-20(16)2/h5-8,12,14-15,17H,3-4,9-11H2,1-2H3/t14-,15+/m0/s1. The summed E-state index contributed by atoms with van der Waals surface area (Å²) in [4.78, 5) is 4.47. The highest BCUT2D eigenvalue weighted by atomic mass is 16.5. The van der Waals surface area contributed by atoms with E-state index < -0.39 is 0 Å². The van der Waals surface area contributed by atoms with E-state index >= 15 is 0 Å². The fourth-order valence-electron chi connectivity index (χ4n) is 3.06. The summed E-state index contributed by atoms with van der Waals surface area (Å²) >= 11 is 0. The monoisotopic (exact) mass is 288 g/mol. The molecule has 0 unspecified atom stereocenters. The zero-order valence-electron chi connectivity index (χ0n) is 12.8. The van der Waals surface area contributed by atoms with E-state index in [0.717, 1.165) is 31.9 Å². The smallest absolute Gasteiger partial charge is 0.137 e. The molecule has 1 aliphatic heterocycles. The second-order valence-electron chi connectivity index (χ2n) is 5.91. The molecule has 0 aromatic carbocycles. The van der Waals surface area contributed by atoms with Gasteiger partial charge < -0.3 is 19.2 Å². The van der Waals surface area contributed by atoms with Crippen molar-refractivity contribution in [1.29, 1.82) is 0 Å². The van der Waals surface area contributed by atoms with Gasteiger partial charge in [0.05, 0.1) is 0 Å². The van der Waals surface area contributed by atoms with E-state index in [1.165, 1.54) is 12.0 Å². The summed E-state index contributed by atoms with van der Waals surface area (Å²) in [5.74, 6) is 1.53. The Labute approximate surface area is 125 Å². The average molecular weight is 288 g/mol. The van der Waals surface area contributed by atoms with Crippen LogP contribution in [-0.2, 0) is 25.4 Å². The molecule has 1 fully saturated rings. The average Bonchev–Trinajstić information content (AvgIpc) is 3.08. The van der Waals surface area contributed by atoms with Crippen LogP contribution in [0.3, 0.4) is 0 Å². The first kappa shape index (κ1) is 14.4. The van der Waals surface area contributed by atoms with Crippen molar-refractivity contribution in [2.24, 2.45) is 20.0 Å². The van der Waals surface area contributed by atoms with Gasteiger partial charge in [0.15, 0.2) is 0 Å². The number of rotatable bonds is 5. The Morgan fingerprint density at radius 2 is 2.29 bits per heavy atom. The second-order valence-corrected chi connectivity index (χ2v) is 5.91. The van der Waals surface area contributed by atoms with Gasteiger partial charge in [-0.15, -0.1) is 0 Å². The Kier molecular flexibility index (Phi) is 4.41. The minimum atomic E-state index is 0.113. The molecule has 0 bridgehead atoms. The number of imidazole rings is 1. The number of hydrogen-bond donors (Lipinski definition) is 1. The molecule has 21 heavy (non-hydrogen) atoms. The molecule has 0 radical (unpaired) electrons. The predicted octanol–water partition coefficient (Wildman–Crippen LogP) is 2.02. The minimum Gasteiger partial charge on any atom is -0.370 e. The van der Waals surface area contributed by atoms with Crippen LogP contribution in [0.4, 0.5) is 0 Å². The normalized spacial score (nSPS) is 22.6. The SMILES string of the molecule is Cn1ccc(CNC[C@@H]2CCCO[C@H]2c2nccn2C)c1. The van der Waals surface area contributed by atoms with Crippen molar-refractivity contribution in [2.75, 3.05) is 13.2 Å². The Morgan fingerprint density at radius 1 is 1.38 bits per heavy atom. The molecule has 0 amide bonds. The van der Waals surface area contributed by atoms with Crippen LogP contribution >= 0.6 is 0 Å². The second kappa shape index (κ2) is 6.45. The van der Waals surface area contributed by atoms with Crippen LogP contribution in [0.15, 0.2) is 30.9 Å². The van der Waals surface area contributed by atoms with E-state index in [9.17, 15) is 0 Å². The summed E-state index contributed by atoms with van der Waals surface area (Å²) in [6.07, 6.45) is 10.5. The zero-order valence-corrected chi connectivity index (χ0v) is 12.8. The molecule has 2 aromatic heterocycles. The molecule has 2 atom stereocenters. The van der Waals surface area contributed by atoms with Crippen molar-refractivity contribution < 1.29 is 4.74 Å². The lowest BCUT2D eigenvalue weighted by molar-refractivity contribution is -0.0344. The van der Waals surface area contributed by atoms with E-state index in [1.54, 1.807) is 0 Å². The fraction of sp³-hybridized carbons (Fsp3) is 0.562. The highest BCUT2D eigenvalue weighted by Crippen LogP contribution is 2.32. The molecule has 1 saturated heterocycles. The van der Waals surface area contributed by atoms with Gasteiger partial charge in [-0.3, -0.25) is 0 Å². The Morgan fingerprint density at radius 3 is 3.00 bits per heavy atom. The van der Waals surface area contributed by atoms with Crippen molar-refractivity contribution in [3.05, 3.63) is 42.2 Å². The molecule has 0 spiro atoms. The molecule has 3 rings (SSSR count). The third-order valence-corrected chi connectivity index (χ3v) is 4.19. The van der Waals surface area contributed by atoms with E-state index in [2.05, 4.69) is 44.9 Å². The Balaban J connectivity index is 1.58. The fourth-order valence-corrected chi connectivity index (χ4v) is 3.06. The maximum atomic E-state index is 6.00. The first-order valence-electron chi connectivity index (χ1n) is 7.64. The van der Waals surface area contributed by atoms with Crippen LogP contribution in [0.5, 0.6) is 0 Å². The van der Waals surface area contributed by atoms with Crippen LogP contribution < -0.4 is 5.32 Å². The molecule has 5 nitrogen and oxygen atoms in total. The number of ether oxygens (including phenoxy) is 1. The van der Waals surface area contributed by atoms with E-state index in [0.29, 0.717) is 5.92 Å². The highest BCUT2D eigenvalue weighted by molar-refractivity contribution is 5.09. The summed E-state index contributed by atoms with van der Waals surface area (Å²) in [5, 5.41) is 3.57. The lowest BCUT2D eigenvalue weighted by atomic mass is 9.93. The van der Waals surface area contributed by atoms with Crippen LogP contribution in [0, 0.1) is 5.92 Å². The number of aromatic nitrogens is 3. The van der Waals surface area contributed by atoms with Crippen LogP contribution in [0.25, 0.3) is 0 Å². The largest absolute Gasteiger partial charge is 0.370 e. The van der Waals surface area contributed by atoms with Gasteiger partial charge in [0.2, 0.25) is 0 Å². The van der Waals surface area contributed by atoms with Crippen molar-refractivity contribution in [3.8, 4) is 0 Å². The number of nitrogens with one attached hydrogen (secondary N) is 1. The van der Waals surface area contributed by atoms with Gasteiger partial charge in [-0.05, 0) is 24.5 Å². The first-order valence-corrected chi connectivity index (χ1v) is 7.64. The lowest BCUT2D eigenvalue weighted by Gasteiger charge is -2.31. The van der Waals surface area contributed by atoms with E-state index in [1.807, 2.05) is 19.4 Å². The summed E-state index contributed by atoms with van der Waals surface area (Å²) in [5.41, 5.74) is 1.32. The van der Waals surface area contributed by atoms with Gasteiger partial charge in [-0.2, -0.15) is 0 Å². The van der Waals surface area contributed by atoms with Gasteiger partial charge >= 0.3 is 0 Å². The minimum absolute atomic E-state index is 0.113. The Bertz CT molecular complexity index is 574. The van der Waals surface area contributed by atoms with Crippen LogP contribution in [-0.4, -0.2) is 27.3 Å². The summed E-state index contributed by atoms with van der Waals surface area (Å²) in [6, 6.07) is 2.15. The third kappa shape index (κ3) is 3.36. The maximum Gasteiger partial charge on any atom is 0.137 e. The number of aryl methyl sites for hydroxylation is 2. The third-order valence-electron chi connectivity index (χ3n) is 4.19. The maximum absolute atomic E-state index is 6.00. The molecule has 114 valence electrons. The van der Waals surface area contributed by atoms with Gasteiger partial charge in [0.1, 0.15) is 11.9 Å². The van der Waals surface area contributed by atoms with E-state index in [4.69, 9.17) is 4.74 Å². The molecule has 0 aliphatic carbocycles. The first-order chi connectivity index (χ1) is 10.2. The van der Waals surface area contributed by atoms with Crippen molar-refractivity contribution in [1.82, 2.24) is 19.4 Å². The zero-order chi connectivity index (χ0) is 14.7. The lowest BCUT2D eigenvalue weighted by Crippen LogP contribution is -2.33. The quantitative estimate of drug-likeness (QED) is 0.915. The molecule has 2 aromatic rings. The van der Waals surface area contributed by atoms with Crippen molar-refractivity contribution >= 4 is 0 Å². The summed E-state index contributed by atoms with van der Waals surface area (Å²) in [7, 11) is 4.09. The van der Waals surface area contributed by atoms with Crippen LogP contribution in [0.1, 0.15) is 30.3 Å². The van der Waals surface area contributed by atoms with Gasteiger partial charge in [-0.1, -0.05) is 0 Å². The molecule has 3 heterocycles.